The molecule has 3 atom stereocenters. The molecule has 0 aliphatic carbocycles. The summed E-state index contributed by atoms with van der Waals surface area (Å²) in [6.07, 6.45) is 4.86. The van der Waals surface area contributed by atoms with E-state index < -0.39 is 0 Å². The third-order valence-electron chi connectivity index (χ3n) is 8.01. The van der Waals surface area contributed by atoms with Crippen molar-refractivity contribution >= 4 is 0 Å². The Morgan fingerprint density at radius 1 is 1.00 bits per heavy atom. The quantitative estimate of drug-likeness (QED) is 0.720. The molecule has 2 aromatic carbocycles. The molecule has 1 N–H and O–H groups in total. The molecule has 0 unspecified atom stereocenters. The van der Waals surface area contributed by atoms with Crippen LogP contribution < -0.4 is 4.74 Å². The topological polar surface area (TPSA) is 45.2 Å². The first-order chi connectivity index (χ1) is 16.3. The SMILES string of the molecule is COc1cccc(-c2ccc([C@@H]3[C@H]4CN(CC5CCOCC5)CCCCN4[C@H]3CO)cc2)c1. The number of aliphatic hydroxyl groups is 1. The zero-order valence-corrected chi connectivity index (χ0v) is 19.9. The number of methoxy groups -OCH3 is 1. The fraction of sp³-hybridized carbons (Fsp3) is 0.571. The van der Waals surface area contributed by atoms with Crippen LogP contribution in [0.3, 0.4) is 0 Å². The van der Waals surface area contributed by atoms with E-state index in [1.54, 1.807) is 7.11 Å². The molecule has 0 bridgehead atoms. The van der Waals surface area contributed by atoms with Crippen molar-refractivity contribution in [3.8, 4) is 16.9 Å². The van der Waals surface area contributed by atoms with Gasteiger partial charge in [-0.05, 0) is 73.5 Å². The Balaban J connectivity index is 1.32. The minimum atomic E-state index is 0.235. The molecule has 0 aromatic heterocycles. The first-order valence-electron chi connectivity index (χ1n) is 12.7. The molecule has 0 saturated carbocycles. The first-order valence-corrected chi connectivity index (χ1v) is 12.7. The highest BCUT2D eigenvalue weighted by Gasteiger charge is 2.49. The van der Waals surface area contributed by atoms with E-state index in [2.05, 4.69) is 46.2 Å². The average Bonchev–Trinajstić information content (AvgIpc) is 2.85. The molecule has 3 aliphatic rings. The van der Waals surface area contributed by atoms with Crippen molar-refractivity contribution in [2.75, 3.05) is 53.1 Å². The maximum absolute atomic E-state index is 10.3. The van der Waals surface area contributed by atoms with E-state index in [1.807, 2.05) is 12.1 Å². The van der Waals surface area contributed by atoms with Gasteiger partial charge in [0.1, 0.15) is 5.75 Å². The molecule has 0 spiro atoms. The van der Waals surface area contributed by atoms with Crippen molar-refractivity contribution in [1.29, 1.82) is 0 Å². The molecule has 5 nitrogen and oxygen atoms in total. The predicted molar refractivity (Wildman–Crippen MR) is 132 cm³/mol. The van der Waals surface area contributed by atoms with Gasteiger partial charge in [0.25, 0.3) is 0 Å². The molecular formula is C28H38N2O3. The van der Waals surface area contributed by atoms with E-state index in [9.17, 15) is 5.11 Å². The van der Waals surface area contributed by atoms with Gasteiger partial charge < -0.3 is 19.5 Å². The van der Waals surface area contributed by atoms with E-state index in [0.717, 1.165) is 38.0 Å². The van der Waals surface area contributed by atoms with Gasteiger partial charge in [0, 0.05) is 44.3 Å². The highest BCUT2D eigenvalue weighted by molar-refractivity contribution is 5.65. The van der Waals surface area contributed by atoms with Gasteiger partial charge in [-0.2, -0.15) is 0 Å². The zero-order valence-electron chi connectivity index (χ0n) is 19.9. The molecule has 3 heterocycles. The Morgan fingerprint density at radius 2 is 1.79 bits per heavy atom. The van der Waals surface area contributed by atoms with Crippen LogP contribution in [-0.2, 0) is 4.74 Å². The van der Waals surface area contributed by atoms with Crippen LogP contribution >= 0.6 is 0 Å². The second-order valence-corrected chi connectivity index (χ2v) is 9.96. The highest BCUT2D eigenvalue weighted by atomic mass is 16.5. The maximum Gasteiger partial charge on any atom is 0.119 e. The van der Waals surface area contributed by atoms with Crippen molar-refractivity contribution in [2.45, 2.75) is 43.7 Å². The van der Waals surface area contributed by atoms with Crippen molar-refractivity contribution in [3.63, 3.8) is 0 Å². The molecule has 178 valence electrons. The van der Waals surface area contributed by atoms with Crippen LogP contribution in [0, 0.1) is 5.92 Å². The molecule has 33 heavy (non-hydrogen) atoms. The van der Waals surface area contributed by atoms with E-state index in [0.29, 0.717) is 12.0 Å². The molecule has 3 fully saturated rings. The second-order valence-electron chi connectivity index (χ2n) is 9.96. The van der Waals surface area contributed by atoms with Crippen LogP contribution in [0.2, 0.25) is 0 Å². The Morgan fingerprint density at radius 3 is 2.55 bits per heavy atom. The second kappa shape index (κ2) is 10.6. The molecule has 5 rings (SSSR count). The lowest BCUT2D eigenvalue weighted by atomic mass is 9.74. The zero-order chi connectivity index (χ0) is 22.6. The summed E-state index contributed by atoms with van der Waals surface area (Å²) in [6, 6.07) is 18.0. The summed E-state index contributed by atoms with van der Waals surface area (Å²) in [5.74, 6) is 2.04. The molecule has 0 amide bonds. The Labute approximate surface area is 198 Å². The number of hydrogen-bond acceptors (Lipinski definition) is 5. The number of nitrogens with zero attached hydrogens (tertiary/aromatic N) is 2. The number of aliphatic hydroxyl groups excluding tert-OH is 1. The van der Waals surface area contributed by atoms with Gasteiger partial charge in [-0.15, -0.1) is 0 Å². The smallest absolute Gasteiger partial charge is 0.119 e. The average molecular weight is 451 g/mol. The van der Waals surface area contributed by atoms with Gasteiger partial charge >= 0.3 is 0 Å². The van der Waals surface area contributed by atoms with Crippen LogP contribution in [0.1, 0.15) is 37.2 Å². The van der Waals surface area contributed by atoms with Crippen molar-refractivity contribution in [2.24, 2.45) is 5.92 Å². The molecular weight excluding hydrogens is 412 g/mol. The number of hydrogen-bond donors (Lipinski definition) is 1. The van der Waals surface area contributed by atoms with Gasteiger partial charge in [0.05, 0.1) is 13.7 Å². The third-order valence-corrected chi connectivity index (χ3v) is 8.01. The third kappa shape index (κ3) is 4.97. The first kappa shape index (κ1) is 22.9. The van der Waals surface area contributed by atoms with Gasteiger partial charge in [0.15, 0.2) is 0 Å². The summed E-state index contributed by atoms with van der Waals surface area (Å²) in [6.45, 7) is 6.69. The number of fused-ring (bicyclic) bond motifs is 1. The Kier molecular flexibility index (Phi) is 7.31. The summed E-state index contributed by atoms with van der Waals surface area (Å²) < 4.78 is 11.0. The summed E-state index contributed by atoms with van der Waals surface area (Å²) in [5, 5.41) is 10.3. The number of ether oxygens (including phenoxy) is 2. The summed E-state index contributed by atoms with van der Waals surface area (Å²) >= 11 is 0. The standard InChI is InChI=1S/C28H38N2O3/c1-32-25-6-4-5-24(17-25)22-7-9-23(10-8-22)28-26-19-29(18-21-11-15-33-16-12-21)13-2-3-14-30(26)27(28)20-31/h4-10,17,21,26-28,31H,2-3,11-16,18-20H2,1H3/t26-,27+,28-/m1/s1. The predicted octanol–water partition coefficient (Wildman–Crippen LogP) is 4.01. The lowest BCUT2D eigenvalue weighted by Crippen LogP contribution is -2.67. The van der Waals surface area contributed by atoms with Crippen molar-refractivity contribution < 1.29 is 14.6 Å². The van der Waals surface area contributed by atoms with Crippen LogP contribution in [0.5, 0.6) is 5.75 Å². The van der Waals surface area contributed by atoms with Gasteiger partial charge in [-0.1, -0.05) is 36.4 Å². The Hall–Kier alpha value is -1.92. The highest BCUT2D eigenvalue weighted by Crippen LogP contribution is 2.42. The number of benzene rings is 2. The molecule has 2 aromatic rings. The van der Waals surface area contributed by atoms with Crippen LogP contribution in [0.25, 0.3) is 11.1 Å². The van der Waals surface area contributed by atoms with Crippen LogP contribution in [0.15, 0.2) is 48.5 Å². The minimum absolute atomic E-state index is 0.235. The van der Waals surface area contributed by atoms with Crippen molar-refractivity contribution in [3.05, 3.63) is 54.1 Å². The Bertz CT molecular complexity index is 896. The van der Waals surface area contributed by atoms with E-state index in [1.165, 1.54) is 55.5 Å². The van der Waals surface area contributed by atoms with Crippen molar-refractivity contribution in [1.82, 2.24) is 9.80 Å². The summed E-state index contributed by atoms with van der Waals surface area (Å²) in [4.78, 5) is 5.29. The van der Waals surface area contributed by atoms with Gasteiger partial charge in [-0.25, -0.2) is 0 Å². The van der Waals surface area contributed by atoms with E-state index in [-0.39, 0.29) is 12.6 Å². The van der Waals surface area contributed by atoms with Crippen LogP contribution in [0.4, 0.5) is 0 Å². The lowest BCUT2D eigenvalue weighted by molar-refractivity contribution is -0.0677. The minimum Gasteiger partial charge on any atom is -0.497 e. The lowest BCUT2D eigenvalue weighted by Gasteiger charge is -2.57. The van der Waals surface area contributed by atoms with Gasteiger partial charge in [0.2, 0.25) is 0 Å². The van der Waals surface area contributed by atoms with Crippen LogP contribution in [-0.4, -0.2) is 80.1 Å². The largest absolute Gasteiger partial charge is 0.497 e. The number of rotatable bonds is 6. The molecule has 3 saturated heterocycles. The van der Waals surface area contributed by atoms with E-state index in [4.69, 9.17) is 9.47 Å². The van der Waals surface area contributed by atoms with E-state index >= 15 is 0 Å². The fourth-order valence-corrected chi connectivity index (χ4v) is 6.17. The summed E-state index contributed by atoms with van der Waals surface area (Å²) in [7, 11) is 1.71. The van der Waals surface area contributed by atoms with Gasteiger partial charge in [-0.3, -0.25) is 4.90 Å². The normalized spacial score (nSPS) is 27.3. The summed E-state index contributed by atoms with van der Waals surface area (Å²) in [5.41, 5.74) is 3.73. The molecule has 3 aliphatic heterocycles. The monoisotopic (exact) mass is 450 g/mol. The maximum atomic E-state index is 10.3. The molecule has 5 heteroatoms. The fourth-order valence-electron chi connectivity index (χ4n) is 6.17. The molecule has 0 radical (unpaired) electrons.